The van der Waals surface area contributed by atoms with Gasteiger partial charge in [0.25, 0.3) is 0 Å². The largest absolute Gasteiger partial charge is 0.496 e. The Kier molecular flexibility index (Phi) is 5.61. The third kappa shape index (κ3) is 3.52. The van der Waals surface area contributed by atoms with Crippen molar-refractivity contribution in [1.29, 1.82) is 0 Å². The fourth-order valence-corrected chi connectivity index (χ4v) is 2.17. The van der Waals surface area contributed by atoms with E-state index in [1.165, 1.54) is 0 Å². The molecule has 0 radical (unpaired) electrons. The van der Waals surface area contributed by atoms with E-state index < -0.39 is 0 Å². The van der Waals surface area contributed by atoms with Crippen molar-refractivity contribution in [2.24, 2.45) is 5.73 Å². The molecule has 5 heteroatoms. The van der Waals surface area contributed by atoms with E-state index in [-0.39, 0.29) is 12.6 Å². The van der Waals surface area contributed by atoms with Gasteiger partial charge in [-0.05, 0) is 30.4 Å². The van der Waals surface area contributed by atoms with Crippen molar-refractivity contribution in [3.63, 3.8) is 0 Å². The fraction of sp³-hybridized carbons (Fsp3) is 0.500. The number of rotatable bonds is 6. The van der Waals surface area contributed by atoms with E-state index in [1.807, 2.05) is 18.4 Å². The number of hydrogen-bond donors (Lipinski definition) is 2. The summed E-state index contributed by atoms with van der Waals surface area (Å²) >= 11 is 1.60. The highest BCUT2D eigenvalue weighted by Gasteiger charge is 2.13. The molecule has 0 aliphatic carbocycles. The van der Waals surface area contributed by atoms with Crippen LogP contribution in [0.15, 0.2) is 17.0 Å². The lowest BCUT2D eigenvalue weighted by molar-refractivity contribution is 0.264. The lowest BCUT2D eigenvalue weighted by atomic mass is 10.1. The Morgan fingerprint density at radius 1 is 1.29 bits per heavy atom. The maximum absolute atomic E-state index is 8.99. The minimum atomic E-state index is -0.284. The van der Waals surface area contributed by atoms with Crippen LogP contribution in [0.1, 0.15) is 5.56 Å². The Balaban J connectivity index is 3.09. The zero-order chi connectivity index (χ0) is 12.8. The third-order valence-electron chi connectivity index (χ3n) is 2.50. The summed E-state index contributed by atoms with van der Waals surface area (Å²) in [5.41, 5.74) is 6.69. The Labute approximate surface area is 106 Å². The average molecular weight is 257 g/mol. The molecule has 0 bridgehead atoms. The molecular formula is C12H19NO3S. The summed E-state index contributed by atoms with van der Waals surface area (Å²) in [4.78, 5) is 1.02. The Hall–Kier alpha value is -0.910. The molecule has 0 spiro atoms. The molecule has 1 unspecified atom stereocenters. The number of ether oxygens (including phenoxy) is 2. The molecule has 17 heavy (non-hydrogen) atoms. The molecule has 0 aromatic heterocycles. The van der Waals surface area contributed by atoms with Crippen molar-refractivity contribution < 1.29 is 14.6 Å². The van der Waals surface area contributed by atoms with Gasteiger partial charge < -0.3 is 20.3 Å². The Morgan fingerprint density at radius 2 is 1.94 bits per heavy atom. The van der Waals surface area contributed by atoms with Crippen molar-refractivity contribution in [2.75, 3.05) is 27.1 Å². The molecule has 1 aromatic rings. The summed E-state index contributed by atoms with van der Waals surface area (Å²) in [5, 5.41) is 8.99. The van der Waals surface area contributed by atoms with Crippen LogP contribution >= 0.6 is 11.8 Å². The first-order chi connectivity index (χ1) is 8.15. The number of aliphatic hydroxyl groups excluding tert-OH is 1. The lowest BCUT2D eigenvalue weighted by Gasteiger charge is -2.15. The van der Waals surface area contributed by atoms with E-state index in [2.05, 4.69) is 0 Å². The average Bonchev–Trinajstić information content (AvgIpc) is 2.37. The second-order valence-corrected chi connectivity index (χ2v) is 4.51. The fourth-order valence-electron chi connectivity index (χ4n) is 1.60. The Morgan fingerprint density at radius 3 is 2.41 bits per heavy atom. The minimum Gasteiger partial charge on any atom is -0.496 e. The van der Waals surface area contributed by atoms with Crippen molar-refractivity contribution in [2.45, 2.75) is 17.4 Å². The second-order valence-electron chi connectivity index (χ2n) is 3.67. The predicted octanol–water partition coefficient (Wildman–Crippen LogP) is 1.29. The molecule has 4 nitrogen and oxygen atoms in total. The molecule has 3 N–H and O–H groups in total. The second kappa shape index (κ2) is 6.74. The minimum absolute atomic E-state index is 0.0459. The third-order valence-corrected chi connectivity index (χ3v) is 3.26. The molecule has 0 aliphatic rings. The van der Waals surface area contributed by atoms with Gasteiger partial charge in [0.2, 0.25) is 0 Å². The van der Waals surface area contributed by atoms with Crippen LogP contribution in [-0.4, -0.2) is 38.2 Å². The molecule has 1 atom stereocenters. The summed E-state index contributed by atoms with van der Waals surface area (Å²) in [5.74, 6) is 1.58. The van der Waals surface area contributed by atoms with Crippen molar-refractivity contribution in [3.05, 3.63) is 17.7 Å². The van der Waals surface area contributed by atoms with E-state index in [4.69, 9.17) is 20.3 Å². The number of aliphatic hydroxyl groups is 1. The van der Waals surface area contributed by atoms with Gasteiger partial charge >= 0.3 is 0 Å². The van der Waals surface area contributed by atoms with E-state index in [1.54, 1.807) is 26.0 Å². The van der Waals surface area contributed by atoms with Gasteiger partial charge in [0.1, 0.15) is 11.5 Å². The van der Waals surface area contributed by atoms with Crippen LogP contribution in [0, 0.1) is 0 Å². The standard InChI is InChI=1S/C12H19NO3S/c1-15-10-6-12(17-3)11(16-2)5-8(10)4-9(13)7-14/h5-6,9,14H,4,7,13H2,1-3H3. The zero-order valence-electron chi connectivity index (χ0n) is 10.4. The van der Waals surface area contributed by atoms with E-state index in [9.17, 15) is 0 Å². The molecule has 0 heterocycles. The van der Waals surface area contributed by atoms with Crippen LogP contribution in [0.2, 0.25) is 0 Å². The molecule has 0 saturated carbocycles. The molecular weight excluding hydrogens is 238 g/mol. The van der Waals surface area contributed by atoms with Crippen LogP contribution in [0.3, 0.4) is 0 Å². The van der Waals surface area contributed by atoms with Crippen LogP contribution in [0.5, 0.6) is 11.5 Å². The first-order valence-electron chi connectivity index (χ1n) is 5.31. The first kappa shape index (κ1) is 14.2. The highest BCUT2D eigenvalue weighted by molar-refractivity contribution is 7.98. The highest BCUT2D eigenvalue weighted by Crippen LogP contribution is 2.34. The van der Waals surface area contributed by atoms with Crippen molar-refractivity contribution in [1.82, 2.24) is 0 Å². The van der Waals surface area contributed by atoms with E-state index in [0.717, 1.165) is 22.0 Å². The molecule has 1 aromatic carbocycles. The van der Waals surface area contributed by atoms with E-state index >= 15 is 0 Å². The van der Waals surface area contributed by atoms with Crippen LogP contribution in [-0.2, 0) is 6.42 Å². The molecule has 0 amide bonds. The van der Waals surface area contributed by atoms with Gasteiger partial charge in [-0.15, -0.1) is 11.8 Å². The van der Waals surface area contributed by atoms with Crippen molar-refractivity contribution >= 4 is 11.8 Å². The van der Waals surface area contributed by atoms with Gasteiger partial charge in [-0.3, -0.25) is 0 Å². The van der Waals surface area contributed by atoms with Crippen LogP contribution in [0.4, 0.5) is 0 Å². The van der Waals surface area contributed by atoms with Gasteiger partial charge in [-0.1, -0.05) is 0 Å². The smallest absolute Gasteiger partial charge is 0.132 e. The SMILES string of the molecule is COc1cc(SC)c(OC)cc1CC(N)CO. The quantitative estimate of drug-likeness (QED) is 0.752. The molecule has 0 fully saturated rings. The molecule has 0 aliphatic heterocycles. The van der Waals surface area contributed by atoms with Gasteiger partial charge in [0, 0.05) is 6.04 Å². The molecule has 1 rings (SSSR count). The van der Waals surface area contributed by atoms with Crippen LogP contribution in [0.25, 0.3) is 0 Å². The highest BCUT2D eigenvalue weighted by atomic mass is 32.2. The Bertz CT molecular complexity index is 371. The normalized spacial score (nSPS) is 12.3. The number of thioether (sulfide) groups is 1. The zero-order valence-corrected chi connectivity index (χ0v) is 11.2. The summed E-state index contributed by atoms with van der Waals surface area (Å²) in [6.07, 6.45) is 2.54. The number of nitrogens with two attached hydrogens (primary N) is 1. The lowest BCUT2D eigenvalue weighted by Crippen LogP contribution is -2.27. The summed E-state index contributed by atoms with van der Waals surface area (Å²) in [6, 6.07) is 3.57. The molecule has 96 valence electrons. The number of methoxy groups -OCH3 is 2. The maximum Gasteiger partial charge on any atom is 0.132 e. The summed E-state index contributed by atoms with van der Waals surface area (Å²) in [7, 11) is 3.26. The topological polar surface area (TPSA) is 64.7 Å². The molecule has 0 saturated heterocycles. The number of benzene rings is 1. The van der Waals surface area contributed by atoms with Crippen LogP contribution < -0.4 is 15.2 Å². The van der Waals surface area contributed by atoms with Gasteiger partial charge in [0.15, 0.2) is 0 Å². The van der Waals surface area contributed by atoms with Gasteiger partial charge in [-0.2, -0.15) is 0 Å². The first-order valence-corrected chi connectivity index (χ1v) is 6.54. The number of hydrogen-bond acceptors (Lipinski definition) is 5. The maximum atomic E-state index is 8.99. The van der Waals surface area contributed by atoms with Gasteiger partial charge in [0.05, 0.1) is 25.7 Å². The van der Waals surface area contributed by atoms with Gasteiger partial charge in [-0.25, -0.2) is 0 Å². The summed E-state index contributed by atoms with van der Waals surface area (Å²) in [6.45, 7) is -0.0459. The predicted molar refractivity (Wildman–Crippen MR) is 70.1 cm³/mol. The van der Waals surface area contributed by atoms with Crippen molar-refractivity contribution in [3.8, 4) is 11.5 Å². The monoisotopic (exact) mass is 257 g/mol. The van der Waals surface area contributed by atoms with E-state index in [0.29, 0.717) is 6.42 Å². The summed E-state index contributed by atoms with van der Waals surface area (Å²) < 4.78 is 10.6.